The number of aromatic nitrogens is 4. The summed E-state index contributed by atoms with van der Waals surface area (Å²) in [6, 6.07) is 6.98. The highest BCUT2D eigenvalue weighted by Crippen LogP contribution is 2.36. The van der Waals surface area contributed by atoms with Crippen molar-refractivity contribution in [1.29, 1.82) is 0 Å². The van der Waals surface area contributed by atoms with Gasteiger partial charge in [0, 0.05) is 23.8 Å². The molecular weight excluding hydrogens is 765 g/mol. The molecule has 6 heterocycles. The molecule has 0 saturated carbocycles. The van der Waals surface area contributed by atoms with Crippen molar-refractivity contribution in [3.05, 3.63) is 93.2 Å². The third-order valence-corrected chi connectivity index (χ3v) is 12.2. The van der Waals surface area contributed by atoms with E-state index in [1.165, 1.54) is 14.2 Å². The second-order valence-electron chi connectivity index (χ2n) is 14.0. The van der Waals surface area contributed by atoms with Crippen LogP contribution in [0.5, 0.6) is 0 Å². The predicted molar refractivity (Wildman–Crippen MR) is 215 cm³/mol. The van der Waals surface area contributed by atoms with Crippen LogP contribution in [-0.2, 0) is 19.1 Å². The molecule has 0 aliphatic carbocycles. The number of nitrogens with one attached hydrogen (secondary N) is 4. The standard InChI is InChI=1S/C41H42N8O6S2/c1-24(2)32(46-40(52)54-3)38(50)48-18-8-12-30(48)36-42-20-28(44-36)16-14-26-22-56-35-27(23-57-34(26)35)15-17-29-21-43-37(45-29)31-13-9-19-49(31)39(51)33(47-41(53)55-4)25-10-6-5-7-11-25/h5-7,10-11,20-24,30-33H,8-9,12-13,18-19H2,1-4H3,(H,42,44)(H,43,45)(H,46,52)(H,47,53). The second kappa shape index (κ2) is 17.4. The Labute approximate surface area is 337 Å². The maximum atomic E-state index is 13.8. The summed E-state index contributed by atoms with van der Waals surface area (Å²) in [6.07, 6.45) is 5.15. The van der Waals surface area contributed by atoms with Gasteiger partial charge in [0.25, 0.3) is 5.91 Å². The highest BCUT2D eigenvalue weighted by atomic mass is 32.1. The van der Waals surface area contributed by atoms with Crippen LogP contribution in [0.2, 0.25) is 0 Å². The van der Waals surface area contributed by atoms with Crippen LogP contribution in [0.1, 0.15) is 97.4 Å². The minimum absolute atomic E-state index is 0.119. The van der Waals surface area contributed by atoms with Crippen LogP contribution in [0.15, 0.2) is 53.5 Å². The van der Waals surface area contributed by atoms with E-state index in [0.717, 1.165) is 46.2 Å². The number of carbonyl (C=O) groups is 4. The van der Waals surface area contributed by atoms with Gasteiger partial charge in [-0.05, 0) is 49.0 Å². The molecular formula is C41H42N8O6S2. The molecule has 1 aromatic carbocycles. The number of fused-ring (bicyclic) bond motifs is 1. The number of imidazole rings is 2. The van der Waals surface area contributed by atoms with Crippen molar-refractivity contribution in [2.24, 2.45) is 5.92 Å². The average Bonchev–Trinajstić information content (AvgIpc) is 4.08. The van der Waals surface area contributed by atoms with E-state index in [9.17, 15) is 19.2 Å². The lowest BCUT2D eigenvalue weighted by atomic mass is 10.0. The molecule has 7 rings (SSSR count). The van der Waals surface area contributed by atoms with Gasteiger partial charge in [0.05, 0.1) is 59.2 Å². The lowest BCUT2D eigenvalue weighted by Gasteiger charge is -2.29. The number of amides is 4. The molecule has 0 bridgehead atoms. The lowest BCUT2D eigenvalue weighted by molar-refractivity contribution is -0.135. The van der Waals surface area contributed by atoms with Crippen LogP contribution in [-0.4, -0.2) is 87.1 Å². The number of methoxy groups -OCH3 is 2. The largest absolute Gasteiger partial charge is 0.453 e. The van der Waals surface area contributed by atoms with Crippen LogP contribution in [0.4, 0.5) is 9.59 Å². The zero-order valence-corrected chi connectivity index (χ0v) is 33.5. The summed E-state index contributed by atoms with van der Waals surface area (Å²) < 4.78 is 11.6. The number of likely N-dealkylation sites (tertiary alicyclic amines) is 2. The number of thiophene rings is 2. The van der Waals surface area contributed by atoms with E-state index in [1.807, 2.05) is 42.8 Å². The van der Waals surface area contributed by atoms with Crippen LogP contribution in [0.25, 0.3) is 9.40 Å². The molecule has 294 valence electrons. The molecule has 5 aromatic rings. The molecule has 57 heavy (non-hydrogen) atoms. The molecule has 4 N–H and O–H groups in total. The summed E-state index contributed by atoms with van der Waals surface area (Å²) in [7, 11) is 2.55. The molecule has 2 aliphatic rings. The Morgan fingerprint density at radius 2 is 1.26 bits per heavy atom. The lowest BCUT2D eigenvalue weighted by Crippen LogP contribution is -2.51. The smallest absolute Gasteiger partial charge is 0.407 e. The van der Waals surface area contributed by atoms with E-state index in [1.54, 1.807) is 57.0 Å². The number of hydrogen-bond acceptors (Lipinski definition) is 10. The molecule has 0 radical (unpaired) electrons. The first-order chi connectivity index (χ1) is 27.6. The van der Waals surface area contributed by atoms with E-state index < -0.39 is 24.3 Å². The van der Waals surface area contributed by atoms with E-state index in [4.69, 9.17) is 9.47 Å². The number of nitrogens with zero attached hydrogens (tertiary/aromatic N) is 4. The maximum Gasteiger partial charge on any atom is 0.407 e. The summed E-state index contributed by atoms with van der Waals surface area (Å²) >= 11 is 3.16. The molecule has 2 saturated heterocycles. The number of ether oxygens (including phenoxy) is 2. The van der Waals surface area contributed by atoms with Gasteiger partial charge < -0.3 is 39.9 Å². The summed E-state index contributed by atoms with van der Waals surface area (Å²) in [5.41, 5.74) is 3.71. The zero-order chi connectivity index (χ0) is 40.1. The quantitative estimate of drug-likeness (QED) is 0.138. The third-order valence-electron chi connectivity index (χ3n) is 10.1. The SMILES string of the molecule is COC(=O)NC(C(=O)N1CCCC1c1ncc(C#Cc2csc3c(C#Cc4cnc(C5CCCN5C(=O)C(NC(=O)OC)C(C)C)[nH]4)csc23)[nH]1)c1ccccc1. The van der Waals surface area contributed by atoms with Crippen molar-refractivity contribution >= 4 is 56.1 Å². The molecule has 16 heteroatoms. The summed E-state index contributed by atoms with van der Waals surface area (Å²) in [5, 5.41) is 9.41. The monoisotopic (exact) mass is 806 g/mol. The molecule has 4 aromatic heterocycles. The number of H-pyrrole nitrogens is 2. The van der Waals surface area contributed by atoms with Gasteiger partial charge in [-0.25, -0.2) is 19.6 Å². The topological polar surface area (TPSA) is 175 Å². The van der Waals surface area contributed by atoms with Crippen molar-refractivity contribution in [2.45, 2.75) is 63.7 Å². The molecule has 4 unspecified atom stereocenters. The summed E-state index contributed by atoms with van der Waals surface area (Å²) in [4.78, 5) is 70.8. The van der Waals surface area contributed by atoms with Crippen LogP contribution in [0, 0.1) is 29.6 Å². The van der Waals surface area contributed by atoms with Gasteiger partial charge in [-0.1, -0.05) is 56.0 Å². The number of hydrogen-bond donors (Lipinski definition) is 4. The highest BCUT2D eigenvalue weighted by Gasteiger charge is 2.38. The van der Waals surface area contributed by atoms with Crippen molar-refractivity contribution in [1.82, 2.24) is 40.4 Å². The minimum Gasteiger partial charge on any atom is -0.453 e. The normalized spacial score (nSPS) is 17.4. The Morgan fingerprint density at radius 1 is 0.754 bits per heavy atom. The fraction of sp³-hybridized carbons (Fsp3) is 0.366. The van der Waals surface area contributed by atoms with Crippen molar-refractivity contribution < 1.29 is 28.7 Å². The Morgan fingerprint density at radius 3 is 1.77 bits per heavy atom. The van der Waals surface area contributed by atoms with Gasteiger partial charge in [-0.15, -0.1) is 22.7 Å². The molecule has 2 fully saturated rings. The van der Waals surface area contributed by atoms with E-state index in [-0.39, 0.29) is 29.8 Å². The number of alkyl carbamates (subject to hydrolysis) is 2. The van der Waals surface area contributed by atoms with Crippen LogP contribution in [0.3, 0.4) is 0 Å². The van der Waals surface area contributed by atoms with Crippen molar-refractivity contribution in [3.8, 4) is 23.7 Å². The van der Waals surface area contributed by atoms with Crippen molar-refractivity contribution in [2.75, 3.05) is 27.3 Å². The second-order valence-corrected chi connectivity index (χ2v) is 15.8. The first-order valence-corrected chi connectivity index (χ1v) is 20.4. The van der Waals surface area contributed by atoms with Gasteiger partial charge in [-0.3, -0.25) is 9.59 Å². The Balaban J connectivity index is 1.02. The molecule has 4 amide bonds. The highest BCUT2D eigenvalue weighted by molar-refractivity contribution is 7.26. The van der Waals surface area contributed by atoms with Gasteiger partial charge in [0.15, 0.2) is 0 Å². The average molecular weight is 807 g/mol. The van der Waals surface area contributed by atoms with E-state index in [2.05, 4.69) is 54.3 Å². The zero-order valence-electron chi connectivity index (χ0n) is 31.9. The Hall–Kier alpha value is -6.10. The predicted octanol–water partition coefficient (Wildman–Crippen LogP) is 6.01. The molecule has 0 spiro atoms. The van der Waals surface area contributed by atoms with Gasteiger partial charge in [0.2, 0.25) is 5.91 Å². The fourth-order valence-electron chi connectivity index (χ4n) is 7.19. The van der Waals surface area contributed by atoms with E-state index in [0.29, 0.717) is 41.7 Å². The summed E-state index contributed by atoms with van der Waals surface area (Å²) in [6.45, 7) is 4.88. The minimum atomic E-state index is -0.895. The third kappa shape index (κ3) is 8.52. The molecule has 4 atom stereocenters. The number of carbonyl (C=O) groups excluding carboxylic acids is 4. The van der Waals surface area contributed by atoms with Gasteiger partial charge in [-0.2, -0.15) is 0 Å². The number of benzene rings is 1. The molecule has 2 aliphatic heterocycles. The van der Waals surface area contributed by atoms with Crippen LogP contribution >= 0.6 is 22.7 Å². The van der Waals surface area contributed by atoms with Gasteiger partial charge >= 0.3 is 12.2 Å². The number of rotatable bonds is 8. The first-order valence-electron chi connectivity index (χ1n) is 18.6. The number of aromatic amines is 2. The molecule has 14 nitrogen and oxygen atoms in total. The Kier molecular flexibility index (Phi) is 11.9. The van der Waals surface area contributed by atoms with Crippen molar-refractivity contribution in [3.63, 3.8) is 0 Å². The fourth-order valence-corrected chi connectivity index (χ4v) is 9.36. The van der Waals surface area contributed by atoms with Crippen LogP contribution < -0.4 is 10.6 Å². The first kappa shape index (κ1) is 39.1. The maximum absolute atomic E-state index is 13.8. The Bertz CT molecular complexity index is 2390. The summed E-state index contributed by atoms with van der Waals surface area (Å²) in [5.74, 6) is 13.8. The van der Waals surface area contributed by atoms with Gasteiger partial charge in [0.1, 0.15) is 35.1 Å². The van der Waals surface area contributed by atoms with E-state index >= 15 is 0 Å².